The molecule has 2 heteroatoms. The van der Waals surface area contributed by atoms with Crippen molar-refractivity contribution in [1.29, 1.82) is 0 Å². The van der Waals surface area contributed by atoms with E-state index in [4.69, 9.17) is 0 Å². The molecule has 2 aromatic rings. The van der Waals surface area contributed by atoms with Crippen LogP contribution in [0, 0.1) is 13.8 Å². The van der Waals surface area contributed by atoms with E-state index in [9.17, 15) is 4.79 Å². The SMILES string of the molecule is CCc1cccc(C)c1C(=O)Nc1ccc(C)cc1. The lowest BCUT2D eigenvalue weighted by atomic mass is 9.99. The van der Waals surface area contributed by atoms with E-state index >= 15 is 0 Å². The van der Waals surface area contributed by atoms with Crippen LogP contribution in [0.3, 0.4) is 0 Å². The lowest BCUT2D eigenvalue weighted by molar-refractivity contribution is 0.102. The van der Waals surface area contributed by atoms with E-state index in [-0.39, 0.29) is 5.91 Å². The third kappa shape index (κ3) is 3.02. The number of anilines is 1. The van der Waals surface area contributed by atoms with Crippen LogP contribution in [0.1, 0.15) is 34.0 Å². The fraction of sp³-hybridized carbons (Fsp3) is 0.235. The summed E-state index contributed by atoms with van der Waals surface area (Å²) in [5.74, 6) is -0.0289. The van der Waals surface area contributed by atoms with Crippen LogP contribution in [-0.4, -0.2) is 5.91 Å². The van der Waals surface area contributed by atoms with Gasteiger partial charge in [0.2, 0.25) is 0 Å². The van der Waals surface area contributed by atoms with Crippen molar-refractivity contribution in [2.75, 3.05) is 5.32 Å². The molecule has 2 nitrogen and oxygen atoms in total. The van der Waals surface area contributed by atoms with Crippen LogP contribution in [0.4, 0.5) is 5.69 Å². The summed E-state index contributed by atoms with van der Waals surface area (Å²) in [6.07, 6.45) is 0.859. The smallest absolute Gasteiger partial charge is 0.256 e. The van der Waals surface area contributed by atoms with Crippen LogP contribution in [-0.2, 0) is 6.42 Å². The molecule has 0 bridgehead atoms. The number of amides is 1. The lowest BCUT2D eigenvalue weighted by Gasteiger charge is -2.12. The molecule has 2 rings (SSSR count). The van der Waals surface area contributed by atoms with Crippen molar-refractivity contribution < 1.29 is 4.79 Å². The summed E-state index contributed by atoms with van der Waals surface area (Å²) >= 11 is 0. The summed E-state index contributed by atoms with van der Waals surface area (Å²) in [6.45, 7) is 6.07. The minimum Gasteiger partial charge on any atom is -0.322 e. The van der Waals surface area contributed by atoms with E-state index in [1.807, 2.05) is 56.3 Å². The largest absolute Gasteiger partial charge is 0.322 e. The monoisotopic (exact) mass is 253 g/mol. The molecule has 1 N–H and O–H groups in total. The molecule has 0 aliphatic heterocycles. The van der Waals surface area contributed by atoms with E-state index in [0.717, 1.165) is 28.8 Å². The molecule has 1 amide bonds. The zero-order chi connectivity index (χ0) is 13.8. The van der Waals surface area contributed by atoms with Crippen molar-refractivity contribution >= 4 is 11.6 Å². The highest BCUT2D eigenvalue weighted by Crippen LogP contribution is 2.17. The van der Waals surface area contributed by atoms with Crippen LogP contribution in [0.5, 0.6) is 0 Å². The molecule has 0 spiro atoms. The Morgan fingerprint density at radius 2 is 1.74 bits per heavy atom. The van der Waals surface area contributed by atoms with Crippen LogP contribution in [0.25, 0.3) is 0 Å². The Bertz CT molecular complexity index is 585. The van der Waals surface area contributed by atoms with E-state index in [1.165, 1.54) is 5.56 Å². The number of benzene rings is 2. The van der Waals surface area contributed by atoms with Gasteiger partial charge in [0.1, 0.15) is 0 Å². The number of aryl methyl sites for hydroxylation is 3. The summed E-state index contributed by atoms with van der Waals surface area (Å²) < 4.78 is 0. The van der Waals surface area contributed by atoms with Gasteiger partial charge in [-0.15, -0.1) is 0 Å². The van der Waals surface area contributed by atoms with Crippen LogP contribution >= 0.6 is 0 Å². The zero-order valence-corrected chi connectivity index (χ0v) is 11.7. The maximum atomic E-state index is 12.4. The second kappa shape index (κ2) is 5.70. The Labute approximate surface area is 114 Å². The Morgan fingerprint density at radius 3 is 2.37 bits per heavy atom. The number of rotatable bonds is 3. The number of nitrogens with one attached hydrogen (secondary N) is 1. The molecular weight excluding hydrogens is 234 g/mol. The van der Waals surface area contributed by atoms with Crippen molar-refractivity contribution in [2.45, 2.75) is 27.2 Å². The molecule has 2 aromatic carbocycles. The van der Waals surface area contributed by atoms with Gasteiger partial charge in [-0.1, -0.05) is 42.8 Å². The van der Waals surface area contributed by atoms with Gasteiger partial charge in [-0.25, -0.2) is 0 Å². The Balaban J connectivity index is 2.27. The van der Waals surface area contributed by atoms with Crippen molar-refractivity contribution in [2.24, 2.45) is 0 Å². The highest BCUT2D eigenvalue weighted by molar-refractivity contribution is 6.06. The number of carbonyl (C=O) groups excluding carboxylic acids is 1. The molecule has 0 heterocycles. The predicted molar refractivity (Wildman–Crippen MR) is 79.7 cm³/mol. The lowest BCUT2D eigenvalue weighted by Crippen LogP contribution is -2.15. The number of hydrogen-bond donors (Lipinski definition) is 1. The summed E-state index contributed by atoms with van der Waals surface area (Å²) in [6, 6.07) is 13.8. The van der Waals surface area contributed by atoms with Gasteiger partial charge < -0.3 is 5.32 Å². The molecule has 0 radical (unpaired) electrons. The summed E-state index contributed by atoms with van der Waals surface area (Å²) in [5.41, 5.74) is 4.92. The average Bonchev–Trinajstić information content (AvgIpc) is 2.40. The molecule has 0 fully saturated rings. The molecule has 98 valence electrons. The maximum Gasteiger partial charge on any atom is 0.256 e. The molecule has 19 heavy (non-hydrogen) atoms. The second-order valence-electron chi connectivity index (χ2n) is 4.78. The maximum absolute atomic E-state index is 12.4. The molecule has 0 aromatic heterocycles. The van der Waals surface area contributed by atoms with Crippen LogP contribution < -0.4 is 5.32 Å². The van der Waals surface area contributed by atoms with Crippen LogP contribution in [0.15, 0.2) is 42.5 Å². The Morgan fingerprint density at radius 1 is 1.05 bits per heavy atom. The standard InChI is InChI=1S/C17H19NO/c1-4-14-7-5-6-13(3)16(14)17(19)18-15-10-8-12(2)9-11-15/h5-11H,4H2,1-3H3,(H,18,19). The minimum absolute atomic E-state index is 0.0289. The topological polar surface area (TPSA) is 29.1 Å². The third-order valence-corrected chi connectivity index (χ3v) is 3.28. The zero-order valence-electron chi connectivity index (χ0n) is 11.7. The summed E-state index contributed by atoms with van der Waals surface area (Å²) in [5, 5.41) is 2.96. The Hall–Kier alpha value is -2.09. The van der Waals surface area contributed by atoms with Gasteiger partial charge in [-0.3, -0.25) is 4.79 Å². The summed E-state index contributed by atoms with van der Waals surface area (Å²) in [4.78, 5) is 12.4. The van der Waals surface area contributed by atoms with Gasteiger partial charge in [-0.05, 0) is 43.5 Å². The first kappa shape index (κ1) is 13.3. The van der Waals surface area contributed by atoms with Gasteiger partial charge >= 0.3 is 0 Å². The molecular formula is C17H19NO. The van der Waals surface area contributed by atoms with Crippen molar-refractivity contribution in [3.8, 4) is 0 Å². The predicted octanol–water partition coefficient (Wildman–Crippen LogP) is 4.12. The molecule has 0 saturated heterocycles. The van der Waals surface area contributed by atoms with Crippen molar-refractivity contribution in [3.63, 3.8) is 0 Å². The molecule has 0 saturated carbocycles. The van der Waals surface area contributed by atoms with E-state index in [1.54, 1.807) is 0 Å². The van der Waals surface area contributed by atoms with Gasteiger partial charge in [-0.2, -0.15) is 0 Å². The fourth-order valence-corrected chi connectivity index (χ4v) is 2.18. The normalized spacial score (nSPS) is 10.3. The van der Waals surface area contributed by atoms with Gasteiger partial charge in [0.15, 0.2) is 0 Å². The second-order valence-corrected chi connectivity index (χ2v) is 4.78. The molecule has 0 aliphatic carbocycles. The number of hydrogen-bond acceptors (Lipinski definition) is 1. The van der Waals surface area contributed by atoms with E-state index < -0.39 is 0 Å². The van der Waals surface area contributed by atoms with Crippen LogP contribution in [0.2, 0.25) is 0 Å². The average molecular weight is 253 g/mol. The quantitative estimate of drug-likeness (QED) is 0.876. The van der Waals surface area contributed by atoms with Crippen molar-refractivity contribution in [3.05, 3.63) is 64.7 Å². The molecule has 0 aliphatic rings. The first-order valence-electron chi connectivity index (χ1n) is 6.58. The van der Waals surface area contributed by atoms with Gasteiger partial charge in [0.05, 0.1) is 0 Å². The highest BCUT2D eigenvalue weighted by atomic mass is 16.1. The fourth-order valence-electron chi connectivity index (χ4n) is 2.18. The van der Waals surface area contributed by atoms with E-state index in [2.05, 4.69) is 12.2 Å². The first-order chi connectivity index (χ1) is 9.11. The van der Waals surface area contributed by atoms with Gasteiger partial charge in [0.25, 0.3) is 5.91 Å². The molecule has 0 atom stereocenters. The Kier molecular flexibility index (Phi) is 4.00. The third-order valence-electron chi connectivity index (χ3n) is 3.28. The summed E-state index contributed by atoms with van der Waals surface area (Å²) in [7, 11) is 0. The minimum atomic E-state index is -0.0289. The van der Waals surface area contributed by atoms with Crippen molar-refractivity contribution in [1.82, 2.24) is 0 Å². The molecule has 0 unspecified atom stereocenters. The first-order valence-corrected chi connectivity index (χ1v) is 6.58. The number of carbonyl (C=O) groups is 1. The van der Waals surface area contributed by atoms with E-state index in [0.29, 0.717) is 0 Å². The highest BCUT2D eigenvalue weighted by Gasteiger charge is 2.13. The van der Waals surface area contributed by atoms with Gasteiger partial charge in [0, 0.05) is 11.3 Å².